The number of carboxylic acid groups (broad SMARTS) is 1. The number of amides is 1. The summed E-state index contributed by atoms with van der Waals surface area (Å²) in [6, 6.07) is -0.932. The third kappa shape index (κ3) is 7.54. The second kappa shape index (κ2) is 12.8. The van der Waals surface area contributed by atoms with Gasteiger partial charge in [0.2, 0.25) is 16.9 Å². The molecule has 0 aromatic carbocycles. The van der Waals surface area contributed by atoms with Gasteiger partial charge >= 0.3 is 22.2 Å². The molecule has 44 heavy (non-hydrogen) atoms. The Kier molecular flexibility index (Phi) is 9.75. The van der Waals surface area contributed by atoms with E-state index < -0.39 is 106 Å². The fourth-order valence-corrected chi connectivity index (χ4v) is 5.17. The first-order chi connectivity index (χ1) is 20.3. The van der Waals surface area contributed by atoms with Crippen LogP contribution in [0.25, 0.3) is 0 Å². The highest BCUT2D eigenvalue weighted by Crippen LogP contribution is 2.33. The number of anilines is 1. The number of carboxylic acids is 1. The van der Waals surface area contributed by atoms with E-state index in [4.69, 9.17) is 15.3 Å². The molecule has 2 aromatic heterocycles. The van der Waals surface area contributed by atoms with Gasteiger partial charge in [0.25, 0.3) is 0 Å². The molecule has 1 aliphatic rings. The molecule has 0 bridgehead atoms. The van der Waals surface area contributed by atoms with Crippen LogP contribution in [0.2, 0.25) is 0 Å². The number of nitrogens with zero attached hydrogens (tertiary/aromatic N) is 4. The highest BCUT2D eigenvalue weighted by molar-refractivity contribution is 7.84. The van der Waals surface area contributed by atoms with E-state index >= 15 is 0 Å². The maximum Gasteiger partial charge on any atom is 0.362 e. The number of rotatable bonds is 14. The number of aromatic hydroxyl groups is 1. The van der Waals surface area contributed by atoms with Gasteiger partial charge in [-0.2, -0.15) is 13.1 Å². The first kappa shape index (κ1) is 33.6. The number of nitrogens with two attached hydrogens (primary N) is 1. The quantitative estimate of drug-likeness (QED) is 0.0316. The maximum absolute atomic E-state index is 13.2. The Morgan fingerprint density at radius 3 is 2.43 bits per heavy atom. The summed E-state index contributed by atoms with van der Waals surface area (Å²) in [7, 11) is -5.16. The van der Waals surface area contributed by atoms with Crippen molar-refractivity contribution in [2.24, 2.45) is 11.1 Å². The van der Waals surface area contributed by atoms with Crippen LogP contribution >= 0.6 is 11.3 Å². The van der Waals surface area contributed by atoms with Gasteiger partial charge in [0.15, 0.2) is 28.2 Å². The number of pyridine rings is 1. The first-order valence-corrected chi connectivity index (χ1v) is 14.5. The van der Waals surface area contributed by atoms with E-state index in [1.54, 1.807) is 0 Å². The average Bonchev–Trinajstić information content (AvgIpc) is 3.34. The molecule has 3 rings (SSSR count). The number of nitrogen functional groups attached to an aromatic ring is 1. The van der Waals surface area contributed by atoms with Gasteiger partial charge in [-0.05, 0) is 13.8 Å². The van der Waals surface area contributed by atoms with Gasteiger partial charge in [0.1, 0.15) is 18.0 Å². The van der Waals surface area contributed by atoms with Gasteiger partial charge in [0.05, 0.1) is 24.6 Å². The van der Waals surface area contributed by atoms with E-state index in [-0.39, 0.29) is 19.9 Å². The fourth-order valence-electron chi connectivity index (χ4n) is 3.71. The largest absolute Gasteiger partial charge is 0.503 e. The number of ketones is 2. The van der Waals surface area contributed by atoms with Crippen molar-refractivity contribution in [3.63, 3.8) is 0 Å². The second-order valence-corrected chi connectivity index (χ2v) is 11.9. The molecule has 6 N–H and O–H groups in total. The van der Waals surface area contributed by atoms with Crippen LogP contribution < -0.4 is 11.2 Å². The summed E-state index contributed by atoms with van der Waals surface area (Å²) in [5.74, 6) is -7.92. The number of thiazole rings is 1. The Morgan fingerprint density at radius 2 is 1.86 bits per heavy atom. The number of aromatic nitrogens is 2. The summed E-state index contributed by atoms with van der Waals surface area (Å²) in [5.41, 5.74) is 1.52. The molecule has 0 unspecified atom stereocenters. The van der Waals surface area contributed by atoms with Crippen LogP contribution in [0.4, 0.5) is 5.13 Å². The molecule has 1 fully saturated rings. The Hall–Kier alpha value is -4.89. The molecule has 238 valence electrons. The van der Waals surface area contributed by atoms with Crippen molar-refractivity contribution in [1.29, 1.82) is 0 Å². The van der Waals surface area contributed by atoms with Gasteiger partial charge in [-0.15, -0.1) is 11.3 Å². The number of hydrogen-bond acceptors (Lipinski definition) is 16. The van der Waals surface area contributed by atoms with Crippen molar-refractivity contribution < 1.29 is 61.9 Å². The van der Waals surface area contributed by atoms with Crippen LogP contribution in [-0.2, 0) is 39.1 Å². The smallest absolute Gasteiger partial charge is 0.362 e. The summed E-state index contributed by atoms with van der Waals surface area (Å²) < 4.78 is 38.2. The van der Waals surface area contributed by atoms with Crippen LogP contribution in [0.5, 0.6) is 5.75 Å². The molecule has 0 saturated carbocycles. The molecule has 0 radical (unpaired) electrons. The van der Waals surface area contributed by atoms with Crippen LogP contribution in [0.3, 0.4) is 0 Å². The van der Waals surface area contributed by atoms with Crippen molar-refractivity contribution in [2.45, 2.75) is 44.8 Å². The number of Topliss-reactive ketones (excluding diaryl/α,β-unsaturated/α-hetero) is 2. The highest BCUT2D eigenvalue weighted by Gasteiger charge is 2.54. The van der Waals surface area contributed by atoms with Crippen molar-refractivity contribution in [3.8, 4) is 5.75 Å². The maximum atomic E-state index is 13.2. The van der Waals surface area contributed by atoms with E-state index in [1.165, 1.54) is 5.38 Å². The Balaban J connectivity index is 1.73. The molecule has 19 nitrogen and oxygen atoms in total. The SMILES string of the molecule is CC(C)(O/N=C(\C(=O)C[C@@H]1C(=O)N(S(=O)(=O)O)[C@@H]1COC(=O)CCC(=O)c1cc(=O)c(O)cn1O)c1csc(N)n1)C(=O)O. The molecule has 21 heteroatoms. The van der Waals surface area contributed by atoms with Crippen LogP contribution in [0.15, 0.2) is 27.6 Å². The summed E-state index contributed by atoms with van der Waals surface area (Å²) in [4.78, 5) is 82.2. The lowest BCUT2D eigenvalue weighted by molar-refractivity contribution is -0.161. The molecule has 2 aromatic rings. The second-order valence-electron chi connectivity index (χ2n) is 9.69. The first-order valence-electron chi connectivity index (χ1n) is 12.2. The van der Waals surface area contributed by atoms with Crippen LogP contribution in [0, 0.1) is 5.92 Å². The minimum Gasteiger partial charge on any atom is -0.503 e. The van der Waals surface area contributed by atoms with Gasteiger partial charge in [-0.1, -0.05) is 5.16 Å². The number of β-lactam (4-membered cyclic amide) rings is 1. The molecular weight excluding hydrogens is 634 g/mol. The Morgan fingerprint density at radius 1 is 1.20 bits per heavy atom. The minimum absolute atomic E-state index is 0.00576. The number of carbonyl (C=O) groups excluding carboxylic acids is 4. The molecule has 1 aliphatic heterocycles. The lowest BCUT2D eigenvalue weighted by Crippen LogP contribution is -2.65. The van der Waals surface area contributed by atoms with E-state index in [2.05, 4.69) is 10.1 Å². The number of ether oxygens (including phenoxy) is 1. The molecule has 0 spiro atoms. The summed E-state index contributed by atoms with van der Waals surface area (Å²) in [6.07, 6.45) is -1.43. The number of oxime groups is 1. The van der Waals surface area contributed by atoms with E-state index in [0.29, 0.717) is 12.3 Å². The van der Waals surface area contributed by atoms with Gasteiger partial charge in [0, 0.05) is 24.3 Å². The topological polar surface area (TPSA) is 295 Å². The standard InChI is InChI=1S/C23H25N5O14S2/c1-23(2,21(35)36)42-26-19(11-9-43-22(24)25-11)16(31)5-10-13(28(20(10)34)44(38,39)40)8-41-18(33)4-3-14(29)12-6-15(30)17(32)7-27(12)37/h6-7,9-10,13,32,37H,3-5,8H2,1-2H3,(H2,24,25)(H,35,36)(H,38,39,40)/b26-19-/t10-,13+/m0/s1. The van der Waals surface area contributed by atoms with Gasteiger partial charge in [-0.3, -0.25) is 28.5 Å². The fraction of sp³-hybridized carbons (Fsp3) is 0.391. The number of carbonyl (C=O) groups is 5. The van der Waals surface area contributed by atoms with Crippen molar-refractivity contribution >= 4 is 61.9 Å². The number of esters is 1. The summed E-state index contributed by atoms with van der Waals surface area (Å²) in [5, 5.41) is 33.1. The molecule has 0 aliphatic carbocycles. The van der Waals surface area contributed by atoms with Gasteiger partial charge < -0.3 is 30.7 Å². The van der Waals surface area contributed by atoms with Crippen molar-refractivity contribution in [3.05, 3.63) is 39.3 Å². The molecule has 3 heterocycles. The van der Waals surface area contributed by atoms with E-state index in [0.717, 1.165) is 25.2 Å². The summed E-state index contributed by atoms with van der Waals surface area (Å²) in [6.45, 7) is 1.43. The Bertz CT molecular complexity index is 1710. The molecule has 1 amide bonds. The predicted molar refractivity (Wildman–Crippen MR) is 145 cm³/mol. The Labute approximate surface area is 250 Å². The predicted octanol–water partition coefficient (Wildman–Crippen LogP) is -0.791. The molecule has 2 atom stereocenters. The van der Waals surface area contributed by atoms with E-state index in [1.807, 2.05) is 0 Å². The number of aliphatic carboxylic acids is 1. The third-order valence-electron chi connectivity index (χ3n) is 6.13. The van der Waals surface area contributed by atoms with Crippen LogP contribution in [0.1, 0.15) is 49.3 Å². The van der Waals surface area contributed by atoms with Crippen molar-refractivity contribution in [1.82, 2.24) is 14.0 Å². The zero-order valence-electron chi connectivity index (χ0n) is 22.8. The lowest BCUT2D eigenvalue weighted by atomic mass is 9.85. The molecule has 1 saturated heterocycles. The van der Waals surface area contributed by atoms with Crippen LogP contribution in [-0.4, -0.2) is 95.8 Å². The summed E-state index contributed by atoms with van der Waals surface area (Å²) >= 11 is 0.903. The van der Waals surface area contributed by atoms with Crippen molar-refractivity contribution in [2.75, 3.05) is 12.3 Å². The normalized spacial score (nSPS) is 17.1. The lowest BCUT2D eigenvalue weighted by Gasteiger charge is -2.43. The molecular formula is C23H25N5O14S2. The average molecular weight is 660 g/mol. The van der Waals surface area contributed by atoms with E-state index in [9.17, 15) is 57.2 Å². The zero-order chi connectivity index (χ0) is 33.1. The highest BCUT2D eigenvalue weighted by atomic mass is 32.2. The monoisotopic (exact) mass is 659 g/mol. The minimum atomic E-state index is -5.16. The number of hydrogen-bond donors (Lipinski definition) is 5. The third-order valence-corrected chi connectivity index (χ3v) is 7.75. The van der Waals surface area contributed by atoms with Gasteiger partial charge in [-0.25, -0.2) is 14.1 Å². The zero-order valence-corrected chi connectivity index (χ0v) is 24.4.